The summed E-state index contributed by atoms with van der Waals surface area (Å²) in [5.74, 6) is -0.555. The molecule has 0 amide bonds. The number of rotatable bonds is 5. The molecule has 3 aromatic carbocycles. The number of ether oxygens (including phenoxy) is 1. The van der Waals surface area contributed by atoms with Crippen LogP contribution in [-0.4, -0.2) is 26.9 Å². The number of aromatic nitrogens is 4. The van der Waals surface area contributed by atoms with Crippen molar-refractivity contribution in [3.05, 3.63) is 101 Å². The van der Waals surface area contributed by atoms with E-state index in [1.165, 1.54) is 43.8 Å². The first-order valence-corrected chi connectivity index (χ1v) is 12.0. The largest absolute Gasteiger partial charge is 0.494 e. The van der Waals surface area contributed by atoms with Crippen molar-refractivity contribution in [3.63, 3.8) is 0 Å². The molecule has 0 aliphatic heterocycles. The Kier molecular flexibility index (Phi) is 5.79. The number of nitrogens with zero attached hydrogens (tertiary/aromatic N) is 4. The van der Waals surface area contributed by atoms with Gasteiger partial charge in [0.1, 0.15) is 41.0 Å². The maximum Gasteiger partial charge on any atom is 0.200 e. The molecule has 0 radical (unpaired) electrons. The molecule has 3 aromatic heterocycles. The number of nitrogens with two attached hydrogens (primary N) is 1. The Morgan fingerprint density at radius 3 is 2.62 bits per heavy atom. The van der Waals surface area contributed by atoms with Crippen molar-refractivity contribution in [1.82, 2.24) is 19.7 Å². The van der Waals surface area contributed by atoms with Gasteiger partial charge in [0.05, 0.1) is 23.4 Å². The zero-order valence-electron chi connectivity index (χ0n) is 20.9. The highest BCUT2D eigenvalue weighted by atomic mass is 19.1. The second kappa shape index (κ2) is 9.32. The normalized spacial score (nSPS) is 12.2. The first kappa shape index (κ1) is 24.2. The summed E-state index contributed by atoms with van der Waals surface area (Å²) in [5, 5.41) is 5.59. The van der Waals surface area contributed by atoms with E-state index in [4.69, 9.17) is 20.0 Å². The topological polar surface area (TPSA) is 109 Å². The fourth-order valence-corrected chi connectivity index (χ4v) is 4.76. The third-order valence-electron chi connectivity index (χ3n) is 6.63. The Bertz CT molecular complexity index is 1950. The second-order valence-corrected chi connectivity index (χ2v) is 8.95. The van der Waals surface area contributed by atoms with Gasteiger partial charge in [-0.25, -0.2) is 23.4 Å². The van der Waals surface area contributed by atoms with E-state index in [1.54, 1.807) is 48.0 Å². The van der Waals surface area contributed by atoms with Crippen molar-refractivity contribution < 1.29 is 17.9 Å². The smallest absolute Gasteiger partial charge is 0.200 e. The highest BCUT2D eigenvalue weighted by Crippen LogP contribution is 2.37. The van der Waals surface area contributed by atoms with Crippen LogP contribution in [0.2, 0.25) is 0 Å². The number of methoxy groups -OCH3 is 1. The van der Waals surface area contributed by atoms with Crippen molar-refractivity contribution in [1.29, 1.82) is 0 Å². The number of anilines is 1. The van der Waals surface area contributed by atoms with Crippen molar-refractivity contribution in [2.45, 2.75) is 13.0 Å². The van der Waals surface area contributed by atoms with E-state index < -0.39 is 17.7 Å². The van der Waals surface area contributed by atoms with Gasteiger partial charge in [0.25, 0.3) is 0 Å². The van der Waals surface area contributed by atoms with Crippen molar-refractivity contribution in [2.75, 3.05) is 12.8 Å². The van der Waals surface area contributed by atoms with Crippen LogP contribution in [0.25, 0.3) is 44.4 Å². The van der Waals surface area contributed by atoms with Crippen LogP contribution in [-0.2, 0) is 0 Å². The molecule has 0 bridgehead atoms. The molecule has 3 heterocycles. The van der Waals surface area contributed by atoms with Gasteiger partial charge in [0.2, 0.25) is 5.43 Å². The number of para-hydroxylation sites is 1. The lowest BCUT2D eigenvalue weighted by Crippen LogP contribution is -2.16. The molecule has 6 rings (SSSR count). The summed E-state index contributed by atoms with van der Waals surface area (Å²) in [6, 6.07) is 16.3. The summed E-state index contributed by atoms with van der Waals surface area (Å²) >= 11 is 0. The lowest BCUT2D eigenvalue weighted by Gasteiger charge is -2.17. The highest BCUT2D eigenvalue weighted by molar-refractivity contribution is 5.98. The molecule has 6 aromatic rings. The second-order valence-electron chi connectivity index (χ2n) is 8.95. The molecule has 0 fully saturated rings. The van der Waals surface area contributed by atoms with E-state index in [0.717, 1.165) is 0 Å². The summed E-state index contributed by atoms with van der Waals surface area (Å²) in [4.78, 5) is 22.3. The third-order valence-corrected chi connectivity index (χ3v) is 6.63. The average Bonchev–Trinajstić information content (AvgIpc) is 3.34. The number of fused-ring (bicyclic) bond motifs is 2. The molecular formula is C29H21F2N5O3. The number of nitrogen functional groups attached to an aromatic ring is 1. The Morgan fingerprint density at radius 1 is 1.00 bits per heavy atom. The van der Waals surface area contributed by atoms with E-state index in [1.807, 2.05) is 0 Å². The molecule has 194 valence electrons. The number of halogens is 2. The molecule has 0 aliphatic rings. The molecule has 10 heteroatoms. The van der Waals surface area contributed by atoms with Gasteiger partial charge >= 0.3 is 0 Å². The minimum atomic E-state index is -0.700. The monoisotopic (exact) mass is 525 g/mol. The van der Waals surface area contributed by atoms with E-state index in [-0.39, 0.29) is 28.3 Å². The van der Waals surface area contributed by atoms with E-state index in [0.29, 0.717) is 38.8 Å². The highest BCUT2D eigenvalue weighted by Gasteiger charge is 2.27. The Balaban J connectivity index is 1.63. The molecule has 2 N–H and O–H groups in total. The molecule has 0 saturated carbocycles. The summed E-state index contributed by atoms with van der Waals surface area (Å²) < 4.78 is 41.5. The maximum atomic E-state index is 14.3. The Hall–Kier alpha value is -5.12. The van der Waals surface area contributed by atoms with Crippen molar-refractivity contribution >= 4 is 27.8 Å². The zero-order valence-corrected chi connectivity index (χ0v) is 20.9. The van der Waals surface area contributed by atoms with Crippen molar-refractivity contribution in [3.8, 4) is 28.1 Å². The first-order chi connectivity index (χ1) is 18.9. The fraction of sp³-hybridized carbons (Fsp3) is 0.103. The van der Waals surface area contributed by atoms with Crippen LogP contribution in [0.5, 0.6) is 5.75 Å². The van der Waals surface area contributed by atoms with Gasteiger partial charge in [0.15, 0.2) is 17.2 Å². The van der Waals surface area contributed by atoms with Gasteiger partial charge < -0.3 is 14.9 Å². The Morgan fingerprint density at radius 2 is 1.82 bits per heavy atom. The molecular weight excluding hydrogens is 504 g/mol. The van der Waals surface area contributed by atoms with Crippen LogP contribution in [0.3, 0.4) is 0 Å². The lowest BCUT2D eigenvalue weighted by molar-refractivity contribution is 0.386. The summed E-state index contributed by atoms with van der Waals surface area (Å²) in [6.07, 6.45) is 1.31. The molecule has 0 spiro atoms. The van der Waals surface area contributed by atoms with E-state index in [2.05, 4.69) is 9.97 Å². The summed E-state index contributed by atoms with van der Waals surface area (Å²) in [7, 11) is 1.37. The van der Waals surface area contributed by atoms with Crippen LogP contribution in [0.1, 0.15) is 18.7 Å². The number of hydrogen-bond donors (Lipinski definition) is 1. The SMILES string of the molecule is COc1cc(-c2nn(C(C)c3oc4ccccc4c(=O)c3-c3cccc(F)c3)c3ncnc(N)c23)ccc1F. The van der Waals surface area contributed by atoms with Crippen LogP contribution in [0.4, 0.5) is 14.6 Å². The minimum Gasteiger partial charge on any atom is -0.494 e. The van der Waals surface area contributed by atoms with Gasteiger partial charge in [-0.1, -0.05) is 24.3 Å². The summed E-state index contributed by atoms with van der Waals surface area (Å²) in [6.45, 7) is 1.79. The van der Waals surface area contributed by atoms with Crippen LogP contribution < -0.4 is 15.9 Å². The van der Waals surface area contributed by atoms with Crippen LogP contribution in [0.15, 0.2) is 82.3 Å². The molecule has 1 atom stereocenters. The predicted octanol–water partition coefficient (Wildman–Crippen LogP) is 5.75. The van der Waals surface area contributed by atoms with E-state index >= 15 is 0 Å². The Labute approximate surface area is 220 Å². The van der Waals surface area contributed by atoms with Gasteiger partial charge in [-0.15, -0.1) is 0 Å². The number of hydrogen-bond acceptors (Lipinski definition) is 7. The molecule has 39 heavy (non-hydrogen) atoms. The molecule has 8 nitrogen and oxygen atoms in total. The maximum absolute atomic E-state index is 14.3. The quantitative estimate of drug-likeness (QED) is 0.305. The van der Waals surface area contributed by atoms with Crippen molar-refractivity contribution in [2.24, 2.45) is 0 Å². The van der Waals surface area contributed by atoms with Gasteiger partial charge in [-0.2, -0.15) is 5.10 Å². The van der Waals surface area contributed by atoms with Gasteiger partial charge in [-0.3, -0.25) is 4.79 Å². The van der Waals surface area contributed by atoms with Crippen LogP contribution in [0, 0.1) is 11.6 Å². The lowest BCUT2D eigenvalue weighted by atomic mass is 9.99. The first-order valence-electron chi connectivity index (χ1n) is 12.0. The van der Waals surface area contributed by atoms with E-state index in [9.17, 15) is 13.6 Å². The predicted molar refractivity (Wildman–Crippen MR) is 143 cm³/mol. The van der Waals surface area contributed by atoms with Gasteiger partial charge in [0, 0.05) is 5.56 Å². The number of benzene rings is 3. The fourth-order valence-electron chi connectivity index (χ4n) is 4.76. The van der Waals surface area contributed by atoms with Crippen LogP contribution >= 0.6 is 0 Å². The van der Waals surface area contributed by atoms with Gasteiger partial charge in [-0.05, 0) is 55.0 Å². The standard InChI is InChI=1S/C29H21F2N5O3/c1-15(27-23(16-6-5-7-18(30)12-16)26(37)19-8-3-4-9-21(19)39-27)36-29-24(28(32)33-14-34-29)25(35-36)17-10-11-20(31)22(13-17)38-2/h3-15H,1-2H3,(H2,32,33,34). The average molecular weight is 526 g/mol. The zero-order chi connectivity index (χ0) is 27.3. The molecule has 0 saturated heterocycles. The third kappa shape index (κ3) is 3.97. The minimum absolute atomic E-state index is 0.0348. The molecule has 1 unspecified atom stereocenters. The summed E-state index contributed by atoms with van der Waals surface area (Å²) in [5.41, 5.74) is 8.18. The molecule has 0 aliphatic carbocycles.